The minimum Gasteiger partial charge on any atom is -0.315 e. The van der Waals surface area contributed by atoms with E-state index in [-0.39, 0.29) is 0 Å². The van der Waals surface area contributed by atoms with Crippen molar-refractivity contribution >= 4 is 27.0 Å². The van der Waals surface area contributed by atoms with Gasteiger partial charge in [-0.15, -0.1) is 11.3 Å². The van der Waals surface area contributed by atoms with Crippen molar-refractivity contribution in [2.75, 3.05) is 11.8 Å². The maximum atomic E-state index is 12.2. The number of nitrogens with one attached hydrogen (secondary N) is 2. The van der Waals surface area contributed by atoms with Crippen LogP contribution in [0.15, 0.2) is 40.6 Å². The fourth-order valence-corrected chi connectivity index (χ4v) is 4.03. The fraction of sp³-hybridized carbons (Fsp3) is 0.231. The number of hydrogen-bond donors (Lipinski definition) is 2. The molecule has 0 atom stereocenters. The van der Waals surface area contributed by atoms with Gasteiger partial charge in [0.2, 0.25) is 0 Å². The molecule has 2 N–H and O–H groups in total. The van der Waals surface area contributed by atoms with Crippen LogP contribution in [0.1, 0.15) is 10.4 Å². The van der Waals surface area contributed by atoms with E-state index in [1.54, 1.807) is 18.2 Å². The van der Waals surface area contributed by atoms with Crippen LogP contribution in [-0.2, 0) is 16.6 Å². The summed E-state index contributed by atoms with van der Waals surface area (Å²) in [5.74, 6) is 0. The molecule has 4 nitrogen and oxygen atoms in total. The summed E-state index contributed by atoms with van der Waals surface area (Å²) in [6, 6.07) is 10.7. The lowest BCUT2D eigenvalue weighted by molar-refractivity contribution is 0.603. The van der Waals surface area contributed by atoms with E-state index >= 15 is 0 Å². The molecule has 1 aromatic heterocycles. The SMILES string of the molecule is CNCc1ccc(S(=O)(=O)Nc2ccc(C)cc2)s1. The minimum absolute atomic E-state index is 0.332. The van der Waals surface area contributed by atoms with Gasteiger partial charge in [-0.1, -0.05) is 17.7 Å². The summed E-state index contributed by atoms with van der Waals surface area (Å²) >= 11 is 1.27. The van der Waals surface area contributed by atoms with Crippen LogP contribution in [0.2, 0.25) is 0 Å². The summed E-state index contributed by atoms with van der Waals surface area (Å²) in [5, 5.41) is 3.00. The molecule has 19 heavy (non-hydrogen) atoms. The molecule has 0 aliphatic heterocycles. The molecule has 0 saturated carbocycles. The first-order valence-electron chi connectivity index (χ1n) is 5.84. The molecule has 0 unspecified atom stereocenters. The van der Waals surface area contributed by atoms with Crippen LogP contribution >= 0.6 is 11.3 Å². The standard InChI is InChI=1S/C13H16N2O2S2/c1-10-3-5-11(6-4-10)15-19(16,17)13-8-7-12(18-13)9-14-2/h3-8,14-15H,9H2,1-2H3. The van der Waals surface area contributed by atoms with E-state index in [0.29, 0.717) is 16.4 Å². The lowest BCUT2D eigenvalue weighted by Crippen LogP contribution is -2.11. The van der Waals surface area contributed by atoms with Gasteiger partial charge in [-0.3, -0.25) is 4.72 Å². The van der Waals surface area contributed by atoms with Gasteiger partial charge in [-0.25, -0.2) is 8.42 Å². The van der Waals surface area contributed by atoms with Crippen LogP contribution in [0.5, 0.6) is 0 Å². The van der Waals surface area contributed by atoms with E-state index in [1.807, 2.05) is 32.2 Å². The van der Waals surface area contributed by atoms with E-state index in [4.69, 9.17) is 0 Å². The normalized spacial score (nSPS) is 11.5. The van der Waals surface area contributed by atoms with Gasteiger partial charge in [0.15, 0.2) is 0 Å². The summed E-state index contributed by atoms with van der Waals surface area (Å²) in [6.45, 7) is 2.63. The molecule has 1 aromatic carbocycles. The van der Waals surface area contributed by atoms with E-state index in [1.165, 1.54) is 11.3 Å². The van der Waals surface area contributed by atoms with E-state index < -0.39 is 10.0 Å². The molecular weight excluding hydrogens is 280 g/mol. The highest BCUT2D eigenvalue weighted by atomic mass is 32.2. The van der Waals surface area contributed by atoms with Gasteiger partial charge in [0.05, 0.1) is 0 Å². The minimum atomic E-state index is -3.48. The first kappa shape index (κ1) is 14.0. The average molecular weight is 296 g/mol. The number of aryl methyl sites for hydroxylation is 1. The number of hydrogen-bond acceptors (Lipinski definition) is 4. The van der Waals surface area contributed by atoms with E-state index in [2.05, 4.69) is 10.0 Å². The van der Waals surface area contributed by atoms with E-state index in [0.717, 1.165) is 10.4 Å². The third-order valence-electron chi connectivity index (χ3n) is 2.56. The van der Waals surface area contributed by atoms with E-state index in [9.17, 15) is 8.42 Å². The molecule has 0 aliphatic carbocycles. The lowest BCUT2D eigenvalue weighted by Gasteiger charge is -2.06. The van der Waals surface area contributed by atoms with Crippen LogP contribution in [0.4, 0.5) is 5.69 Å². The molecule has 1 heterocycles. The molecule has 6 heteroatoms. The largest absolute Gasteiger partial charge is 0.315 e. The zero-order valence-corrected chi connectivity index (χ0v) is 12.4. The highest BCUT2D eigenvalue weighted by molar-refractivity contribution is 7.94. The molecule has 0 amide bonds. The van der Waals surface area contributed by atoms with Crippen molar-refractivity contribution < 1.29 is 8.42 Å². The average Bonchev–Trinajstić information content (AvgIpc) is 2.82. The van der Waals surface area contributed by atoms with Crippen molar-refractivity contribution in [3.8, 4) is 0 Å². The Morgan fingerprint density at radius 2 is 1.79 bits per heavy atom. The van der Waals surface area contributed by atoms with Crippen LogP contribution in [0, 0.1) is 6.92 Å². The van der Waals surface area contributed by atoms with Gasteiger partial charge >= 0.3 is 0 Å². The highest BCUT2D eigenvalue weighted by Gasteiger charge is 2.16. The van der Waals surface area contributed by atoms with Crippen molar-refractivity contribution in [3.63, 3.8) is 0 Å². The Labute approximate surface area is 117 Å². The quantitative estimate of drug-likeness (QED) is 0.891. The molecule has 2 aromatic rings. The van der Waals surface area contributed by atoms with Gasteiger partial charge in [0, 0.05) is 17.1 Å². The zero-order valence-electron chi connectivity index (χ0n) is 10.8. The molecule has 0 bridgehead atoms. The Hall–Kier alpha value is -1.37. The zero-order chi connectivity index (χ0) is 13.9. The molecule has 0 aliphatic rings. The Bertz CT molecular complexity index is 646. The Kier molecular flexibility index (Phi) is 4.24. The van der Waals surface area contributed by atoms with Crippen molar-refractivity contribution in [3.05, 3.63) is 46.8 Å². The van der Waals surface area contributed by atoms with Gasteiger partial charge in [0.25, 0.3) is 10.0 Å². The van der Waals surface area contributed by atoms with Gasteiger partial charge in [0.1, 0.15) is 4.21 Å². The van der Waals surface area contributed by atoms with Gasteiger partial charge in [-0.2, -0.15) is 0 Å². The second-order valence-electron chi connectivity index (χ2n) is 4.22. The summed E-state index contributed by atoms with van der Waals surface area (Å²) in [5.41, 5.74) is 1.67. The third-order valence-corrected chi connectivity index (χ3v) is 5.51. The molecular formula is C13H16N2O2S2. The topological polar surface area (TPSA) is 58.2 Å². The Balaban J connectivity index is 2.19. The maximum absolute atomic E-state index is 12.2. The van der Waals surface area contributed by atoms with Crippen LogP contribution in [0.3, 0.4) is 0 Å². The van der Waals surface area contributed by atoms with Crippen molar-refractivity contribution in [2.24, 2.45) is 0 Å². The first-order valence-corrected chi connectivity index (χ1v) is 8.14. The van der Waals surface area contributed by atoms with Crippen LogP contribution < -0.4 is 10.0 Å². The first-order chi connectivity index (χ1) is 9.01. The van der Waals surface area contributed by atoms with Gasteiger partial charge < -0.3 is 5.32 Å². The van der Waals surface area contributed by atoms with Gasteiger partial charge in [-0.05, 0) is 38.2 Å². The second-order valence-corrected chi connectivity index (χ2v) is 7.30. The van der Waals surface area contributed by atoms with Crippen LogP contribution in [-0.4, -0.2) is 15.5 Å². The van der Waals surface area contributed by atoms with Crippen molar-refractivity contribution in [1.82, 2.24) is 5.32 Å². The summed E-state index contributed by atoms with van der Waals surface area (Å²) in [7, 11) is -1.65. The number of thiophene rings is 1. The maximum Gasteiger partial charge on any atom is 0.271 e. The van der Waals surface area contributed by atoms with Crippen molar-refractivity contribution in [2.45, 2.75) is 17.7 Å². The summed E-state index contributed by atoms with van der Waals surface area (Å²) < 4.78 is 27.3. The third kappa shape index (κ3) is 3.56. The second kappa shape index (κ2) is 5.73. The molecule has 0 radical (unpaired) electrons. The van der Waals surface area contributed by atoms with Crippen molar-refractivity contribution in [1.29, 1.82) is 0 Å². The highest BCUT2D eigenvalue weighted by Crippen LogP contribution is 2.24. The molecule has 102 valence electrons. The molecule has 0 spiro atoms. The predicted molar refractivity (Wildman–Crippen MR) is 79.1 cm³/mol. The Morgan fingerprint density at radius 3 is 2.42 bits per heavy atom. The smallest absolute Gasteiger partial charge is 0.271 e. The summed E-state index contributed by atoms with van der Waals surface area (Å²) in [4.78, 5) is 0.992. The monoisotopic (exact) mass is 296 g/mol. The lowest BCUT2D eigenvalue weighted by atomic mass is 10.2. The summed E-state index contributed by atoms with van der Waals surface area (Å²) in [6.07, 6.45) is 0. The predicted octanol–water partition coefficient (Wildman–Crippen LogP) is 2.58. The van der Waals surface area contributed by atoms with Crippen LogP contribution in [0.25, 0.3) is 0 Å². The molecule has 2 rings (SSSR count). The number of anilines is 1. The molecule has 0 fully saturated rings. The Morgan fingerprint density at radius 1 is 1.11 bits per heavy atom. The fourth-order valence-electron chi connectivity index (χ4n) is 1.60. The number of rotatable bonds is 5. The number of sulfonamides is 1. The number of benzene rings is 1. The molecule has 0 saturated heterocycles.